The molecule has 2 saturated carbocycles. The van der Waals surface area contributed by atoms with Crippen molar-refractivity contribution >= 4 is 5.95 Å². The van der Waals surface area contributed by atoms with Crippen LogP contribution in [-0.2, 0) is 0 Å². The summed E-state index contributed by atoms with van der Waals surface area (Å²) in [5.74, 6) is 0.766. The zero-order valence-electron chi connectivity index (χ0n) is 13.7. The first-order valence-electron chi connectivity index (χ1n) is 8.84. The van der Waals surface area contributed by atoms with Gasteiger partial charge in [-0.3, -0.25) is 0 Å². The predicted molar refractivity (Wildman–Crippen MR) is 93.3 cm³/mol. The molecule has 0 bridgehead atoms. The lowest BCUT2D eigenvalue weighted by molar-refractivity contribution is 0.409. The maximum absolute atomic E-state index is 14.3. The van der Waals surface area contributed by atoms with E-state index in [1.165, 1.54) is 24.6 Å². The minimum atomic E-state index is -0.376. The number of nitrogens with one attached hydrogen (secondary N) is 1. The normalized spacial score (nSPS) is 23.9. The molecular formula is C19H23FN4. The summed E-state index contributed by atoms with van der Waals surface area (Å²) in [6.45, 7) is 0. The van der Waals surface area contributed by atoms with Crippen LogP contribution in [0.4, 0.5) is 10.3 Å². The lowest BCUT2D eigenvalue weighted by Gasteiger charge is -2.26. The van der Waals surface area contributed by atoms with E-state index in [2.05, 4.69) is 27.4 Å². The second-order valence-corrected chi connectivity index (χ2v) is 7.05. The molecule has 1 aromatic carbocycles. The Kier molecular flexibility index (Phi) is 4.19. The van der Waals surface area contributed by atoms with Crippen LogP contribution in [0.5, 0.6) is 0 Å². The second kappa shape index (κ2) is 6.48. The van der Waals surface area contributed by atoms with E-state index < -0.39 is 0 Å². The van der Waals surface area contributed by atoms with Gasteiger partial charge in [0.1, 0.15) is 5.69 Å². The number of hydrogen-bond donors (Lipinski definition) is 2. The fourth-order valence-electron chi connectivity index (χ4n) is 3.44. The fourth-order valence-corrected chi connectivity index (χ4v) is 3.44. The van der Waals surface area contributed by atoms with Gasteiger partial charge in [-0.25, -0.2) is 14.4 Å². The average Bonchev–Trinajstić information content (AvgIpc) is 3.44. The topological polar surface area (TPSA) is 63.8 Å². The second-order valence-electron chi connectivity index (χ2n) is 7.05. The van der Waals surface area contributed by atoms with Gasteiger partial charge in [-0.15, -0.1) is 0 Å². The molecule has 2 aliphatic rings. The van der Waals surface area contributed by atoms with Crippen molar-refractivity contribution < 1.29 is 4.39 Å². The molecule has 5 heteroatoms. The molecule has 0 aliphatic heterocycles. The lowest BCUT2D eigenvalue weighted by Crippen LogP contribution is -2.33. The quantitative estimate of drug-likeness (QED) is 0.896. The Morgan fingerprint density at radius 1 is 1.08 bits per heavy atom. The predicted octanol–water partition coefficient (Wildman–Crippen LogP) is 3.84. The van der Waals surface area contributed by atoms with Crippen LogP contribution >= 0.6 is 0 Å². The Bertz CT molecular complexity index is 721. The summed E-state index contributed by atoms with van der Waals surface area (Å²) in [5.41, 5.74) is 8.43. The number of nitrogens with two attached hydrogens (primary N) is 1. The van der Waals surface area contributed by atoms with Crippen molar-refractivity contribution in [3.8, 4) is 11.3 Å². The first-order chi connectivity index (χ1) is 11.7. The van der Waals surface area contributed by atoms with Crippen LogP contribution in [0, 0.1) is 5.82 Å². The van der Waals surface area contributed by atoms with Gasteiger partial charge < -0.3 is 11.1 Å². The Morgan fingerprint density at radius 2 is 1.88 bits per heavy atom. The lowest BCUT2D eigenvalue weighted by atomic mass is 9.92. The van der Waals surface area contributed by atoms with Crippen LogP contribution in [0.3, 0.4) is 0 Å². The Hall–Kier alpha value is -2.01. The van der Waals surface area contributed by atoms with Crippen LogP contribution < -0.4 is 11.1 Å². The van der Waals surface area contributed by atoms with Gasteiger partial charge in [0.15, 0.2) is 5.82 Å². The molecule has 3 N–H and O–H groups in total. The third-order valence-corrected chi connectivity index (χ3v) is 5.06. The number of anilines is 1. The van der Waals surface area contributed by atoms with E-state index in [1.807, 2.05) is 12.1 Å². The highest BCUT2D eigenvalue weighted by Crippen LogP contribution is 2.41. The van der Waals surface area contributed by atoms with E-state index in [9.17, 15) is 4.39 Å². The minimum Gasteiger partial charge on any atom is -0.351 e. The van der Waals surface area contributed by atoms with Crippen LogP contribution in [0.1, 0.15) is 50.0 Å². The smallest absolute Gasteiger partial charge is 0.223 e. The number of halogens is 1. The summed E-state index contributed by atoms with van der Waals surface area (Å²) < 4.78 is 14.3. The van der Waals surface area contributed by atoms with E-state index in [4.69, 9.17) is 5.73 Å². The summed E-state index contributed by atoms with van der Waals surface area (Å²) in [6, 6.07) is 8.71. The molecule has 24 heavy (non-hydrogen) atoms. The molecule has 0 amide bonds. The number of benzene rings is 1. The molecule has 0 atom stereocenters. The summed E-state index contributed by atoms with van der Waals surface area (Å²) in [4.78, 5) is 8.57. The Labute approximate surface area is 141 Å². The van der Waals surface area contributed by atoms with Gasteiger partial charge in [0, 0.05) is 17.6 Å². The molecule has 4 rings (SSSR count). The zero-order valence-corrected chi connectivity index (χ0v) is 13.7. The first-order valence-corrected chi connectivity index (χ1v) is 8.84. The average molecular weight is 326 g/mol. The van der Waals surface area contributed by atoms with E-state index in [-0.39, 0.29) is 5.82 Å². The summed E-state index contributed by atoms with van der Waals surface area (Å²) in [7, 11) is 0. The maximum atomic E-state index is 14.3. The molecule has 2 aromatic rings. The first kappa shape index (κ1) is 15.5. The van der Waals surface area contributed by atoms with Gasteiger partial charge >= 0.3 is 0 Å². The number of aromatic nitrogens is 2. The highest BCUT2D eigenvalue weighted by atomic mass is 19.1. The number of nitrogens with zero attached hydrogens (tertiary/aromatic N) is 2. The standard InChI is InChI=1S/C19H23FN4/c20-17-11-22-19(23-16-8-6-15(21)7-9-16)24-18(17)14-3-1-2-13(10-14)12-4-5-12/h1-3,10-12,15-16H,4-9,21H2,(H,22,23,24)/t15-,16-. The van der Waals surface area contributed by atoms with E-state index in [1.54, 1.807) is 0 Å². The van der Waals surface area contributed by atoms with E-state index in [0.29, 0.717) is 29.6 Å². The van der Waals surface area contributed by atoms with Crippen molar-refractivity contribution in [3.63, 3.8) is 0 Å². The molecule has 126 valence electrons. The van der Waals surface area contributed by atoms with Crippen LogP contribution in [0.15, 0.2) is 30.5 Å². The molecule has 1 heterocycles. The molecule has 2 fully saturated rings. The minimum absolute atomic E-state index is 0.304. The van der Waals surface area contributed by atoms with E-state index in [0.717, 1.165) is 31.2 Å². The van der Waals surface area contributed by atoms with Crippen molar-refractivity contribution in [2.75, 3.05) is 5.32 Å². The van der Waals surface area contributed by atoms with Crippen molar-refractivity contribution in [2.45, 2.75) is 56.5 Å². The van der Waals surface area contributed by atoms with Gasteiger partial charge in [0.25, 0.3) is 0 Å². The number of hydrogen-bond acceptors (Lipinski definition) is 4. The maximum Gasteiger partial charge on any atom is 0.223 e. The van der Waals surface area contributed by atoms with Gasteiger partial charge in [0.05, 0.1) is 6.20 Å². The van der Waals surface area contributed by atoms with Crippen molar-refractivity contribution in [3.05, 3.63) is 41.8 Å². The largest absolute Gasteiger partial charge is 0.351 e. The van der Waals surface area contributed by atoms with Gasteiger partial charge in [-0.05, 0) is 56.1 Å². The summed E-state index contributed by atoms with van der Waals surface area (Å²) in [6.07, 6.45) is 7.76. The van der Waals surface area contributed by atoms with Gasteiger partial charge in [-0.1, -0.05) is 18.2 Å². The summed E-state index contributed by atoms with van der Waals surface area (Å²) in [5, 5.41) is 3.34. The monoisotopic (exact) mass is 326 g/mol. The van der Waals surface area contributed by atoms with Crippen molar-refractivity contribution in [1.29, 1.82) is 0 Å². The molecular weight excluding hydrogens is 303 g/mol. The molecule has 1 aromatic heterocycles. The zero-order chi connectivity index (χ0) is 16.5. The Morgan fingerprint density at radius 3 is 2.62 bits per heavy atom. The van der Waals surface area contributed by atoms with Crippen LogP contribution in [0.2, 0.25) is 0 Å². The molecule has 0 unspecified atom stereocenters. The third-order valence-electron chi connectivity index (χ3n) is 5.06. The fraction of sp³-hybridized carbons (Fsp3) is 0.474. The Balaban J connectivity index is 1.56. The van der Waals surface area contributed by atoms with Crippen LogP contribution in [0.25, 0.3) is 11.3 Å². The van der Waals surface area contributed by atoms with Gasteiger partial charge in [0.2, 0.25) is 5.95 Å². The van der Waals surface area contributed by atoms with E-state index >= 15 is 0 Å². The molecule has 2 aliphatic carbocycles. The van der Waals surface area contributed by atoms with Crippen molar-refractivity contribution in [1.82, 2.24) is 9.97 Å². The SMILES string of the molecule is N[C@H]1CC[C@H](Nc2ncc(F)c(-c3cccc(C4CC4)c3)n2)CC1. The number of rotatable bonds is 4. The molecule has 4 nitrogen and oxygen atoms in total. The third kappa shape index (κ3) is 3.41. The van der Waals surface area contributed by atoms with Crippen LogP contribution in [-0.4, -0.2) is 22.1 Å². The highest BCUT2D eigenvalue weighted by molar-refractivity contribution is 5.62. The molecule has 0 spiro atoms. The highest BCUT2D eigenvalue weighted by Gasteiger charge is 2.24. The molecule has 0 radical (unpaired) electrons. The summed E-state index contributed by atoms with van der Waals surface area (Å²) >= 11 is 0. The van der Waals surface area contributed by atoms with Crippen molar-refractivity contribution in [2.24, 2.45) is 5.73 Å². The molecule has 0 saturated heterocycles. The van der Waals surface area contributed by atoms with Gasteiger partial charge in [-0.2, -0.15) is 0 Å².